The van der Waals surface area contributed by atoms with Gasteiger partial charge in [-0.15, -0.1) is 0 Å². The molecule has 3 aromatic heterocycles. The SMILES string of the molecule is Nc1ncnc2c1ncn2Cc1cc(-c2ccc(F)c(F)c2)ncc1N1CCC[C@@]2(N)C1CC(F)(F)[C@@H]2O. The number of rotatable bonds is 4. The van der Waals surface area contributed by atoms with Gasteiger partial charge in [-0.25, -0.2) is 32.5 Å². The van der Waals surface area contributed by atoms with Crippen LogP contribution in [0.15, 0.2) is 43.1 Å². The predicted octanol–water partition coefficient (Wildman–Crippen LogP) is 2.86. The maximum atomic E-state index is 14.7. The van der Waals surface area contributed by atoms with Gasteiger partial charge in [0.25, 0.3) is 5.92 Å². The fraction of sp³-hybridized carbons (Fsp3) is 0.360. The molecule has 0 spiro atoms. The Morgan fingerprint density at radius 2 is 1.89 bits per heavy atom. The molecule has 1 saturated heterocycles. The van der Waals surface area contributed by atoms with Gasteiger partial charge in [-0.3, -0.25) is 4.98 Å². The van der Waals surface area contributed by atoms with Crippen LogP contribution < -0.4 is 16.4 Å². The number of hydrogen-bond acceptors (Lipinski definition) is 8. The van der Waals surface area contributed by atoms with Gasteiger partial charge in [0.05, 0.1) is 42.0 Å². The summed E-state index contributed by atoms with van der Waals surface area (Å²) in [5.74, 6) is -5.14. The minimum absolute atomic E-state index is 0.182. The van der Waals surface area contributed by atoms with E-state index in [1.54, 1.807) is 15.5 Å². The molecule has 1 aliphatic carbocycles. The number of aliphatic hydroxyl groups is 1. The third kappa shape index (κ3) is 3.76. The molecular formula is C25H24F4N8O. The summed E-state index contributed by atoms with van der Waals surface area (Å²) in [6, 6.07) is 4.31. The molecule has 4 aromatic rings. The number of aliphatic hydroxyl groups excluding tert-OH is 1. The summed E-state index contributed by atoms with van der Waals surface area (Å²) in [5.41, 5.74) is 13.6. The van der Waals surface area contributed by atoms with E-state index >= 15 is 0 Å². The van der Waals surface area contributed by atoms with Crippen LogP contribution in [0, 0.1) is 11.6 Å². The lowest BCUT2D eigenvalue weighted by molar-refractivity contribution is -0.104. The zero-order valence-electron chi connectivity index (χ0n) is 20.0. The molecule has 1 unspecified atom stereocenters. The largest absolute Gasteiger partial charge is 0.385 e. The predicted molar refractivity (Wildman–Crippen MR) is 131 cm³/mol. The van der Waals surface area contributed by atoms with Crippen molar-refractivity contribution in [3.8, 4) is 11.3 Å². The zero-order valence-corrected chi connectivity index (χ0v) is 20.0. The number of piperidine rings is 1. The van der Waals surface area contributed by atoms with Gasteiger partial charge in [-0.2, -0.15) is 0 Å². The smallest absolute Gasteiger partial charge is 0.277 e. The number of imidazole rings is 1. The van der Waals surface area contributed by atoms with Crippen LogP contribution in [0.1, 0.15) is 24.8 Å². The molecule has 6 rings (SSSR count). The summed E-state index contributed by atoms with van der Waals surface area (Å²) in [7, 11) is 0. The summed E-state index contributed by atoms with van der Waals surface area (Å²) >= 11 is 0. The molecule has 9 nitrogen and oxygen atoms in total. The third-order valence-corrected chi connectivity index (χ3v) is 7.64. The van der Waals surface area contributed by atoms with Crippen molar-refractivity contribution < 1.29 is 22.7 Å². The van der Waals surface area contributed by atoms with E-state index in [0.29, 0.717) is 46.6 Å². The summed E-state index contributed by atoms with van der Waals surface area (Å²) in [6.45, 7) is 0.604. The fourth-order valence-electron chi connectivity index (χ4n) is 5.72. The fourth-order valence-corrected chi connectivity index (χ4v) is 5.72. The number of nitrogen functional groups attached to an aromatic ring is 1. The van der Waals surface area contributed by atoms with Crippen LogP contribution in [0.2, 0.25) is 0 Å². The lowest BCUT2D eigenvalue weighted by Crippen LogP contribution is -2.64. The van der Waals surface area contributed by atoms with E-state index in [9.17, 15) is 22.7 Å². The van der Waals surface area contributed by atoms with Gasteiger partial charge < -0.3 is 26.0 Å². The highest BCUT2D eigenvalue weighted by Gasteiger charge is 2.64. The Morgan fingerprint density at radius 3 is 2.68 bits per heavy atom. The number of nitrogens with zero attached hydrogens (tertiary/aromatic N) is 6. The Bertz CT molecular complexity index is 1550. The van der Waals surface area contributed by atoms with Crippen molar-refractivity contribution in [1.82, 2.24) is 24.5 Å². The second-order valence-corrected chi connectivity index (χ2v) is 9.92. The number of benzene rings is 1. The third-order valence-electron chi connectivity index (χ3n) is 7.64. The molecular weight excluding hydrogens is 504 g/mol. The number of fused-ring (bicyclic) bond motifs is 2. The van der Waals surface area contributed by atoms with E-state index < -0.39 is 41.7 Å². The Morgan fingerprint density at radius 1 is 1.08 bits per heavy atom. The highest BCUT2D eigenvalue weighted by atomic mass is 19.3. The molecule has 3 atom stereocenters. The van der Waals surface area contributed by atoms with E-state index in [-0.39, 0.29) is 18.8 Å². The van der Waals surface area contributed by atoms with Gasteiger partial charge in [-0.05, 0) is 42.7 Å². The van der Waals surface area contributed by atoms with E-state index in [1.165, 1.54) is 24.9 Å². The first-order valence-corrected chi connectivity index (χ1v) is 12.1. The quantitative estimate of drug-likeness (QED) is 0.345. The normalized spacial score (nSPS) is 24.6. The standard InChI is InChI=1S/C25H24F4N8O/c26-15-3-2-13(6-16(15)27)17-7-14(10-36-12-35-20-21(30)33-11-34-22(20)36)18(9-32-17)37-5-1-4-24(31)19(37)8-25(28,29)23(24)38/h2-3,6-7,9,11-12,19,23,38H,1,4-5,8,10,31H2,(H2,30,33,34)/t19?,23-,24-/m1/s1. The molecule has 1 saturated carbocycles. The van der Waals surface area contributed by atoms with Gasteiger partial charge in [0.1, 0.15) is 17.9 Å². The number of pyridine rings is 1. The van der Waals surface area contributed by atoms with Crippen molar-refractivity contribution in [2.75, 3.05) is 17.2 Å². The number of anilines is 2. The molecule has 2 aliphatic rings. The van der Waals surface area contributed by atoms with Gasteiger partial charge in [0.15, 0.2) is 23.1 Å². The monoisotopic (exact) mass is 528 g/mol. The van der Waals surface area contributed by atoms with Gasteiger partial charge in [0, 0.05) is 18.5 Å². The van der Waals surface area contributed by atoms with Crippen LogP contribution in [-0.4, -0.2) is 59.8 Å². The summed E-state index contributed by atoms with van der Waals surface area (Å²) < 4.78 is 58.6. The number of hydrogen-bond donors (Lipinski definition) is 3. The number of nitrogens with two attached hydrogens (primary N) is 2. The van der Waals surface area contributed by atoms with Crippen LogP contribution in [0.4, 0.5) is 29.1 Å². The highest BCUT2D eigenvalue weighted by Crippen LogP contribution is 2.49. The maximum absolute atomic E-state index is 14.7. The molecule has 13 heteroatoms. The molecule has 1 aliphatic heterocycles. The maximum Gasteiger partial charge on any atom is 0.277 e. The van der Waals surface area contributed by atoms with Crippen molar-refractivity contribution in [2.24, 2.45) is 5.73 Å². The van der Waals surface area contributed by atoms with E-state index in [4.69, 9.17) is 11.5 Å². The minimum Gasteiger partial charge on any atom is -0.385 e. The Labute approximate surface area is 214 Å². The van der Waals surface area contributed by atoms with Crippen molar-refractivity contribution in [3.63, 3.8) is 0 Å². The first-order valence-electron chi connectivity index (χ1n) is 12.1. The number of alkyl halides is 2. The molecule has 0 amide bonds. The molecule has 2 fully saturated rings. The molecule has 5 N–H and O–H groups in total. The molecule has 0 radical (unpaired) electrons. The van der Waals surface area contributed by atoms with Crippen LogP contribution in [-0.2, 0) is 6.54 Å². The number of halogens is 4. The average Bonchev–Trinajstić information content (AvgIpc) is 3.38. The Hall–Kier alpha value is -3.84. The topological polar surface area (TPSA) is 132 Å². The average molecular weight is 529 g/mol. The number of aromatic nitrogens is 5. The van der Waals surface area contributed by atoms with Crippen molar-refractivity contribution >= 4 is 22.7 Å². The Kier molecular flexibility index (Phi) is 5.54. The summed E-state index contributed by atoms with van der Waals surface area (Å²) in [5, 5.41) is 10.4. The van der Waals surface area contributed by atoms with Crippen molar-refractivity contribution in [1.29, 1.82) is 0 Å². The van der Waals surface area contributed by atoms with E-state index in [2.05, 4.69) is 19.9 Å². The van der Waals surface area contributed by atoms with Crippen LogP contribution in [0.3, 0.4) is 0 Å². The van der Waals surface area contributed by atoms with Crippen LogP contribution in [0.5, 0.6) is 0 Å². The zero-order chi connectivity index (χ0) is 26.8. The van der Waals surface area contributed by atoms with Gasteiger partial charge in [0.2, 0.25) is 0 Å². The lowest BCUT2D eigenvalue weighted by Gasteiger charge is -2.46. The van der Waals surface area contributed by atoms with Gasteiger partial charge >= 0.3 is 0 Å². The molecule has 1 aromatic carbocycles. The van der Waals surface area contributed by atoms with E-state index in [1.807, 2.05) is 0 Å². The van der Waals surface area contributed by atoms with Crippen LogP contribution in [0.25, 0.3) is 22.4 Å². The van der Waals surface area contributed by atoms with Crippen LogP contribution >= 0.6 is 0 Å². The van der Waals surface area contributed by atoms with Gasteiger partial charge in [-0.1, -0.05) is 0 Å². The summed E-state index contributed by atoms with van der Waals surface area (Å²) in [6.07, 6.45) is 2.53. The van der Waals surface area contributed by atoms with Crippen molar-refractivity contribution in [2.45, 2.75) is 49.4 Å². The Balaban J connectivity index is 1.47. The van der Waals surface area contributed by atoms with E-state index in [0.717, 1.165) is 12.1 Å². The molecule has 0 bridgehead atoms. The molecule has 4 heterocycles. The minimum atomic E-state index is -3.34. The molecule has 198 valence electrons. The summed E-state index contributed by atoms with van der Waals surface area (Å²) in [4.78, 5) is 18.7. The highest BCUT2D eigenvalue weighted by molar-refractivity contribution is 5.81. The lowest BCUT2D eigenvalue weighted by atomic mass is 9.82. The van der Waals surface area contributed by atoms with Crippen molar-refractivity contribution in [3.05, 3.63) is 60.3 Å². The second kappa shape index (κ2) is 8.60. The second-order valence-electron chi connectivity index (χ2n) is 9.92. The first kappa shape index (κ1) is 24.5. The first-order chi connectivity index (χ1) is 18.1. The molecule has 38 heavy (non-hydrogen) atoms.